The molecule has 2 atom stereocenters. The Hall–Kier alpha value is -1.31. The second-order valence-corrected chi connectivity index (χ2v) is 5.34. The van der Waals surface area contributed by atoms with Crippen LogP contribution in [0.15, 0.2) is 11.4 Å². The number of terminal acetylenes is 1. The summed E-state index contributed by atoms with van der Waals surface area (Å²) in [5, 5.41) is 4.87. The van der Waals surface area contributed by atoms with Gasteiger partial charge in [0.1, 0.15) is 6.04 Å². The lowest BCUT2D eigenvalue weighted by atomic mass is 10.0. The first-order chi connectivity index (χ1) is 8.22. The van der Waals surface area contributed by atoms with Gasteiger partial charge in [-0.1, -0.05) is 5.92 Å². The molecule has 1 aliphatic rings. The number of carbonyl (C=O) groups excluding carboxylic acids is 1. The van der Waals surface area contributed by atoms with Gasteiger partial charge in [0.05, 0.1) is 13.1 Å². The first kappa shape index (κ1) is 12.2. The predicted molar refractivity (Wildman–Crippen MR) is 69.0 cm³/mol. The maximum absolute atomic E-state index is 11.6. The fourth-order valence-corrected chi connectivity index (χ4v) is 3.29. The van der Waals surface area contributed by atoms with Crippen molar-refractivity contribution in [2.24, 2.45) is 0 Å². The summed E-state index contributed by atoms with van der Waals surface area (Å²) in [5.74, 6) is 2.46. The Morgan fingerprint density at radius 2 is 2.59 bits per heavy atom. The molecule has 0 radical (unpaired) electrons. The molecule has 0 fully saturated rings. The quantitative estimate of drug-likeness (QED) is 0.727. The van der Waals surface area contributed by atoms with Gasteiger partial charge in [-0.25, -0.2) is 0 Å². The molecular formula is C13H17N2OS+. The zero-order valence-corrected chi connectivity index (χ0v) is 10.8. The molecule has 0 bridgehead atoms. The molecule has 0 aliphatic carbocycles. The van der Waals surface area contributed by atoms with E-state index in [1.807, 2.05) is 11.3 Å². The Kier molecular flexibility index (Phi) is 3.82. The number of nitrogens with one attached hydrogen (secondary N) is 2. The average molecular weight is 249 g/mol. The predicted octanol–water partition coefficient (Wildman–Crippen LogP) is -0.000500. The third-order valence-electron chi connectivity index (χ3n) is 3.31. The molecule has 0 saturated carbocycles. The van der Waals surface area contributed by atoms with Crippen LogP contribution in [0.3, 0.4) is 0 Å². The molecule has 2 rings (SSSR count). The molecule has 2 N–H and O–H groups in total. The summed E-state index contributed by atoms with van der Waals surface area (Å²) in [4.78, 5) is 14.4. The van der Waals surface area contributed by atoms with Crippen LogP contribution in [0.25, 0.3) is 0 Å². The molecule has 90 valence electrons. The molecule has 4 heteroatoms. The Labute approximate surface area is 106 Å². The number of hydrogen-bond acceptors (Lipinski definition) is 2. The van der Waals surface area contributed by atoms with E-state index in [4.69, 9.17) is 6.42 Å². The Balaban J connectivity index is 1.96. The molecule has 1 amide bonds. The van der Waals surface area contributed by atoms with E-state index in [2.05, 4.69) is 29.6 Å². The van der Waals surface area contributed by atoms with Crippen LogP contribution in [-0.4, -0.2) is 25.5 Å². The van der Waals surface area contributed by atoms with Crippen molar-refractivity contribution >= 4 is 17.2 Å². The molecule has 1 aliphatic heterocycles. The van der Waals surface area contributed by atoms with Crippen molar-refractivity contribution in [3.63, 3.8) is 0 Å². The number of amides is 1. The van der Waals surface area contributed by atoms with Crippen LogP contribution < -0.4 is 10.2 Å². The third kappa shape index (κ3) is 2.68. The van der Waals surface area contributed by atoms with Crippen molar-refractivity contribution in [3.8, 4) is 12.3 Å². The molecule has 0 aromatic carbocycles. The molecule has 1 aromatic rings. The van der Waals surface area contributed by atoms with Crippen LogP contribution in [0, 0.1) is 12.3 Å². The number of thiophene rings is 1. The molecule has 1 unspecified atom stereocenters. The summed E-state index contributed by atoms with van der Waals surface area (Å²) in [7, 11) is 0. The van der Waals surface area contributed by atoms with E-state index in [-0.39, 0.29) is 5.91 Å². The summed E-state index contributed by atoms with van der Waals surface area (Å²) in [6, 6.07) is 2.59. The second-order valence-electron chi connectivity index (χ2n) is 4.34. The highest BCUT2D eigenvalue weighted by atomic mass is 32.1. The highest BCUT2D eigenvalue weighted by molar-refractivity contribution is 7.10. The fraction of sp³-hybridized carbons (Fsp3) is 0.462. The maximum atomic E-state index is 11.6. The van der Waals surface area contributed by atoms with Crippen LogP contribution in [0.2, 0.25) is 0 Å². The topological polar surface area (TPSA) is 33.5 Å². The van der Waals surface area contributed by atoms with Gasteiger partial charge in [0.15, 0.2) is 6.54 Å². The van der Waals surface area contributed by atoms with Gasteiger partial charge in [0, 0.05) is 16.9 Å². The molecule has 3 nitrogen and oxygen atoms in total. The monoisotopic (exact) mass is 249 g/mol. The lowest BCUT2D eigenvalue weighted by molar-refractivity contribution is -0.924. The van der Waals surface area contributed by atoms with Crippen LogP contribution in [0.4, 0.5) is 0 Å². The van der Waals surface area contributed by atoms with Crippen molar-refractivity contribution in [1.82, 2.24) is 5.32 Å². The van der Waals surface area contributed by atoms with Crippen LogP contribution in [0.1, 0.15) is 23.4 Å². The van der Waals surface area contributed by atoms with Gasteiger partial charge in [-0.2, -0.15) is 0 Å². The highest BCUT2D eigenvalue weighted by Crippen LogP contribution is 2.24. The smallest absolute Gasteiger partial charge is 0.275 e. The van der Waals surface area contributed by atoms with Gasteiger partial charge in [0.25, 0.3) is 5.91 Å². The normalized spacial score (nSPS) is 22.6. The van der Waals surface area contributed by atoms with Crippen molar-refractivity contribution in [3.05, 3.63) is 21.9 Å². The van der Waals surface area contributed by atoms with Gasteiger partial charge >= 0.3 is 0 Å². The zero-order valence-electron chi connectivity index (χ0n) is 9.95. The molecule has 17 heavy (non-hydrogen) atoms. The van der Waals surface area contributed by atoms with Gasteiger partial charge in [-0.05, 0) is 18.4 Å². The van der Waals surface area contributed by atoms with Crippen LogP contribution >= 0.6 is 11.3 Å². The van der Waals surface area contributed by atoms with Gasteiger partial charge in [0.2, 0.25) is 0 Å². The summed E-state index contributed by atoms with van der Waals surface area (Å²) >= 11 is 1.82. The van der Waals surface area contributed by atoms with Crippen LogP contribution in [-0.2, 0) is 11.2 Å². The van der Waals surface area contributed by atoms with Crippen LogP contribution in [0.5, 0.6) is 0 Å². The van der Waals surface area contributed by atoms with Crippen molar-refractivity contribution in [2.45, 2.75) is 19.4 Å². The fourth-order valence-electron chi connectivity index (χ4n) is 2.31. The third-order valence-corrected chi connectivity index (χ3v) is 4.30. The first-order valence-electron chi connectivity index (χ1n) is 5.83. The van der Waals surface area contributed by atoms with E-state index < -0.39 is 0 Å². The first-order valence-corrected chi connectivity index (χ1v) is 6.71. The highest BCUT2D eigenvalue weighted by Gasteiger charge is 2.29. The average Bonchev–Trinajstić information content (AvgIpc) is 2.79. The van der Waals surface area contributed by atoms with E-state index in [9.17, 15) is 4.79 Å². The number of fused-ring (bicyclic) bond motifs is 1. The zero-order chi connectivity index (χ0) is 12.3. The van der Waals surface area contributed by atoms with Gasteiger partial charge in [-0.15, -0.1) is 17.8 Å². The Morgan fingerprint density at radius 1 is 1.76 bits per heavy atom. The Morgan fingerprint density at radius 3 is 3.35 bits per heavy atom. The van der Waals surface area contributed by atoms with E-state index in [1.54, 1.807) is 0 Å². The summed E-state index contributed by atoms with van der Waals surface area (Å²) in [5.41, 5.74) is 1.40. The van der Waals surface area contributed by atoms with E-state index in [1.165, 1.54) is 15.3 Å². The molecule has 1 aromatic heterocycles. The molecule has 2 heterocycles. The minimum absolute atomic E-state index is 0.0449. The lowest BCUT2D eigenvalue weighted by Crippen LogP contribution is -3.14. The Bertz CT molecular complexity index is 447. The summed E-state index contributed by atoms with van der Waals surface area (Å²) in [6.07, 6.45) is 6.19. The SMILES string of the molecule is C#CCNC(=O)C[NH+]1CCc2sccc2[C@H]1C. The largest absolute Gasteiger partial charge is 0.340 e. The second kappa shape index (κ2) is 5.35. The van der Waals surface area contributed by atoms with Gasteiger partial charge in [-0.3, -0.25) is 4.79 Å². The molecule has 0 spiro atoms. The number of hydrogen-bond donors (Lipinski definition) is 2. The minimum atomic E-state index is 0.0449. The lowest BCUT2D eigenvalue weighted by Gasteiger charge is -2.29. The number of carbonyl (C=O) groups is 1. The van der Waals surface area contributed by atoms with Crippen molar-refractivity contribution < 1.29 is 9.69 Å². The van der Waals surface area contributed by atoms with Crippen molar-refractivity contribution in [2.75, 3.05) is 19.6 Å². The summed E-state index contributed by atoms with van der Waals surface area (Å²) < 4.78 is 0. The van der Waals surface area contributed by atoms with Crippen molar-refractivity contribution in [1.29, 1.82) is 0 Å². The standard InChI is InChI=1S/C13H16N2OS/c1-3-6-14-13(16)9-15-7-4-12-11(10(15)2)5-8-17-12/h1,5,8,10H,4,6-7,9H2,2H3,(H,14,16)/p+1/t10-/m1/s1. The van der Waals surface area contributed by atoms with E-state index in [0.717, 1.165) is 13.0 Å². The number of rotatable bonds is 3. The summed E-state index contributed by atoms with van der Waals surface area (Å²) in [6.45, 7) is 4.05. The minimum Gasteiger partial charge on any atom is -0.340 e. The number of quaternary nitrogens is 1. The van der Waals surface area contributed by atoms with E-state index >= 15 is 0 Å². The van der Waals surface area contributed by atoms with E-state index in [0.29, 0.717) is 19.1 Å². The molecular weight excluding hydrogens is 232 g/mol. The maximum Gasteiger partial charge on any atom is 0.275 e. The molecule has 0 saturated heterocycles. The van der Waals surface area contributed by atoms with Gasteiger partial charge < -0.3 is 10.2 Å².